The molecule has 6 nitrogen and oxygen atoms in total. The van der Waals surface area contributed by atoms with E-state index in [9.17, 15) is 9.59 Å². The highest BCUT2D eigenvalue weighted by Gasteiger charge is 2.33. The number of likely N-dealkylation sites (tertiary alicyclic amines) is 1. The molecule has 1 atom stereocenters. The van der Waals surface area contributed by atoms with Crippen LogP contribution in [0.2, 0.25) is 0 Å². The summed E-state index contributed by atoms with van der Waals surface area (Å²) in [7, 11) is 1.67. The maximum absolute atomic E-state index is 12.2. The fourth-order valence-electron chi connectivity index (χ4n) is 2.16. The van der Waals surface area contributed by atoms with Gasteiger partial charge in [-0.1, -0.05) is 0 Å². The summed E-state index contributed by atoms with van der Waals surface area (Å²) in [6, 6.07) is 0.904. The molecule has 0 aromatic carbocycles. The number of rotatable bonds is 2. The number of nitrogens with zero attached hydrogens (tertiary/aromatic N) is 3. The van der Waals surface area contributed by atoms with Crippen LogP contribution in [0.15, 0.2) is 12.3 Å². The number of aromatic nitrogens is 2. The lowest BCUT2D eigenvalue weighted by molar-refractivity contribution is -0.143. The van der Waals surface area contributed by atoms with E-state index in [1.54, 1.807) is 13.1 Å². The van der Waals surface area contributed by atoms with Gasteiger partial charge in [0.1, 0.15) is 11.7 Å². The van der Waals surface area contributed by atoms with Gasteiger partial charge in [0.2, 0.25) is 0 Å². The molecule has 1 saturated heterocycles. The largest absolute Gasteiger partial charge is 0.480 e. The van der Waals surface area contributed by atoms with Gasteiger partial charge in [-0.3, -0.25) is 9.48 Å². The van der Waals surface area contributed by atoms with Gasteiger partial charge in [-0.25, -0.2) is 4.79 Å². The van der Waals surface area contributed by atoms with Crippen LogP contribution in [0.3, 0.4) is 0 Å². The quantitative estimate of drug-likeness (QED) is 0.812. The van der Waals surface area contributed by atoms with Crippen molar-refractivity contribution in [1.29, 1.82) is 0 Å². The summed E-state index contributed by atoms with van der Waals surface area (Å²) in [4.78, 5) is 24.7. The second-order valence-corrected chi connectivity index (χ2v) is 4.19. The van der Waals surface area contributed by atoms with E-state index in [-0.39, 0.29) is 5.91 Å². The van der Waals surface area contributed by atoms with Crippen LogP contribution in [0.5, 0.6) is 0 Å². The molecule has 1 amide bonds. The molecule has 2 rings (SSSR count). The van der Waals surface area contributed by atoms with E-state index in [4.69, 9.17) is 5.11 Å². The molecule has 0 radical (unpaired) electrons. The highest BCUT2D eigenvalue weighted by Crippen LogP contribution is 2.19. The molecule has 1 fully saturated rings. The minimum absolute atomic E-state index is 0.253. The SMILES string of the molecule is Cn1nccc1C(=O)N1CCCC[C@@H]1C(=O)O. The molecule has 1 aromatic rings. The van der Waals surface area contributed by atoms with Gasteiger partial charge in [-0.05, 0) is 25.3 Å². The van der Waals surface area contributed by atoms with E-state index in [1.165, 1.54) is 15.8 Å². The molecule has 6 heteroatoms. The number of carbonyl (C=O) groups excluding carboxylic acids is 1. The van der Waals surface area contributed by atoms with Gasteiger partial charge < -0.3 is 10.0 Å². The van der Waals surface area contributed by atoms with Gasteiger partial charge in [0, 0.05) is 19.8 Å². The van der Waals surface area contributed by atoms with Crippen molar-refractivity contribution in [2.45, 2.75) is 25.3 Å². The maximum atomic E-state index is 12.2. The highest BCUT2D eigenvalue weighted by molar-refractivity contribution is 5.95. The lowest BCUT2D eigenvalue weighted by Crippen LogP contribution is -2.48. The van der Waals surface area contributed by atoms with Gasteiger partial charge in [-0.2, -0.15) is 5.10 Å². The number of carboxylic acids is 1. The predicted molar refractivity (Wildman–Crippen MR) is 59.5 cm³/mol. The van der Waals surface area contributed by atoms with E-state index < -0.39 is 12.0 Å². The van der Waals surface area contributed by atoms with Crippen molar-refractivity contribution in [3.8, 4) is 0 Å². The molecule has 1 aliphatic heterocycles. The third-order valence-corrected chi connectivity index (χ3v) is 3.09. The van der Waals surface area contributed by atoms with E-state index in [2.05, 4.69) is 5.10 Å². The Morgan fingerprint density at radius 2 is 2.24 bits per heavy atom. The number of hydrogen-bond acceptors (Lipinski definition) is 3. The Morgan fingerprint density at radius 3 is 2.82 bits per heavy atom. The van der Waals surface area contributed by atoms with E-state index in [0.717, 1.165) is 12.8 Å². The van der Waals surface area contributed by atoms with Crippen LogP contribution in [-0.2, 0) is 11.8 Å². The number of aliphatic carboxylic acids is 1. The average molecular weight is 237 g/mol. The standard InChI is InChI=1S/C11H15N3O3/c1-13-8(5-6-12-13)10(15)14-7-3-2-4-9(14)11(16)17/h5-6,9H,2-4,7H2,1H3,(H,16,17)/t9-/m1/s1. The number of carboxylic acid groups (broad SMARTS) is 1. The highest BCUT2D eigenvalue weighted by atomic mass is 16.4. The molecule has 0 saturated carbocycles. The van der Waals surface area contributed by atoms with Crippen molar-refractivity contribution in [2.75, 3.05) is 6.54 Å². The van der Waals surface area contributed by atoms with Crippen LogP contribution in [0, 0.1) is 0 Å². The van der Waals surface area contributed by atoms with E-state index >= 15 is 0 Å². The second kappa shape index (κ2) is 4.57. The number of carbonyl (C=O) groups is 2. The average Bonchev–Trinajstić information content (AvgIpc) is 2.74. The smallest absolute Gasteiger partial charge is 0.326 e. The second-order valence-electron chi connectivity index (χ2n) is 4.19. The summed E-state index contributed by atoms with van der Waals surface area (Å²) in [5.41, 5.74) is 0.429. The summed E-state index contributed by atoms with van der Waals surface area (Å²) in [6.45, 7) is 0.501. The molecule has 1 N–H and O–H groups in total. The van der Waals surface area contributed by atoms with Crippen LogP contribution in [0.1, 0.15) is 29.8 Å². The van der Waals surface area contributed by atoms with Gasteiger partial charge in [0.15, 0.2) is 0 Å². The van der Waals surface area contributed by atoms with Crippen molar-refractivity contribution in [2.24, 2.45) is 7.05 Å². The zero-order valence-electron chi connectivity index (χ0n) is 9.67. The Labute approximate surface area is 98.8 Å². The van der Waals surface area contributed by atoms with Gasteiger partial charge >= 0.3 is 5.97 Å². The van der Waals surface area contributed by atoms with Crippen LogP contribution in [0.25, 0.3) is 0 Å². The summed E-state index contributed by atoms with van der Waals surface area (Å²) >= 11 is 0. The van der Waals surface area contributed by atoms with Crippen molar-refractivity contribution >= 4 is 11.9 Å². The van der Waals surface area contributed by atoms with Crippen LogP contribution < -0.4 is 0 Å². The molecule has 1 aromatic heterocycles. The number of aryl methyl sites for hydroxylation is 1. The molecule has 92 valence electrons. The molecule has 0 spiro atoms. The first-order valence-corrected chi connectivity index (χ1v) is 5.63. The lowest BCUT2D eigenvalue weighted by Gasteiger charge is -2.32. The Hall–Kier alpha value is -1.85. The Kier molecular flexibility index (Phi) is 3.12. The molecule has 0 bridgehead atoms. The zero-order chi connectivity index (χ0) is 12.4. The minimum atomic E-state index is -0.930. The Morgan fingerprint density at radius 1 is 1.47 bits per heavy atom. The Balaban J connectivity index is 2.23. The summed E-state index contributed by atoms with van der Waals surface area (Å²) in [5.74, 6) is -1.18. The van der Waals surface area contributed by atoms with Crippen molar-refractivity contribution in [3.63, 3.8) is 0 Å². The number of piperidine rings is 1. The van der Waals surface area contributed by atoms with Crippen molar-refractivity contribution in [3.05, 3.63) is 18.0 Å². The number of amides is 1. The van der Waals surface area contributed by atoms with Crippen LogP contribution in [-0.4, -0.2) is 44.3 Å². The summed E-state index contributed by atoms with van der Waals surface area (Å²) in [5, 5.41) is 13.0. The molecule has 0 unspecified atom stereocenters. The maximum Gasteiger partial charge on any atom is 0.326 e. The van der Waals surface area contributed by atoms with E-state index in [1.807, 2.05) is 0 Å². The van der Waals surface area contributed by atoms with Crippen molar-refractivity contribution < 1.29 is 14.7 Å². The van der Waals surface area contributed by atoms with Gasteiger partial charge in [-0.15, -0.1) is 0 Å². The fraction of sp³-hybridized carbons (Fsp3) is 0.545. The monoisotopic (exact) mass is 237 g/mol. The predicted octanol–water partition coefficient (Wildman–Crippen LogP) is 0.499. The number of hydrogen-bond donors (Lipinski definition) is 1. The van der Waals surface area contributed by atoms with Crippen molar-refractivity contribution in [1.82, 2.24) is 14.7 Å². The fourth-order valence-corrected chi connectivity index (χ4v) is 2.16. The summed E-state index contributed by atoms with van der Waals surface area (Å²) in [6.07, 6.45) is 3.77. The van der Waals surface area contributed by atoms with E-state index in [0.29, 0.717) is 18.7 Å². The normalized spacial score (nSPS) is 20.3. The topological polar surface area (TPSA) is 75.4 Å². The Bertz CT molecular complexity index is 441. The molecular formula is C11H15N3O3. The zero-order valence-corrected chi connectivity index (χ0v) is 9.67. The third-order valence-electron chi connectivity index (χ3n) is 3.09. The first-order valence-electron chi connectivity index (χ1n) is 5.63. The molecule has 17 heavy (non-hydrogen) atoms. The van der Waals surface area contributed by atoms with Gasteiger partial charge in [0.25, 0.3) is 5.91 Å². The lowest BCUT2D eigenvalue weighted by atomic mass is 10.0. The van der Waals surface area contributed by atoms with Gasteiger partial charge in [0.05, 0.1) is 0 Å². The third kappa shape index (κ3) is 2.15. The minimum Gasteiger partial charge on any atom is -0.480 e. The first-order chi connectivity index (χ1) is 8.11. The molecule has 1 aliphatic rings. The van der Waals surface area contributed by atoms with Crippen LogP contribution >= 0.6 is 0 Å². The molecule has 2 heterocycles. The first kappa shape index (κ1) is 11.6. The molecule has 0 aliphatic carbocycles. The van der Waals surface area contributed by atoms with Crippen LogP contribution in [0.4, 0.5) is 0 Å². The molecular weight excluding hydrogens is 222 g/mol. The summed E-state index contributed by atoms with van der Waals surface area (Å²) < 4.78 is 1.47.